The zero-order valence-electron chi connectivity index (χ0n) is 12.1. The molecule has 0 aliphatic carbocycles. The van der Waals surface area contributed by atoms with Crippen molar-refractivity contribution >= 4 is 29.3 Å². The van der Waals surface area contributed by atoms with E-state index in [-0.39, 0.29) is 23.5 Å². The summed E-state index contributed by atoms with van der Waals surface area (Å²) in [6.45, 7) is 2.25. The third kappa shape index (κ3) is 3.33. The van der Waals surface area contributed by atoms with Gasteiger partial charge in [-0.25, -0.2) is 0 Å². The van der Waals surface area contributed by atoms with E-state index in [2.05, 4.69) is 10.6 Å². The molecule has 1 aromatic carbocycles. The molecule has 1 unspecified atom stereocenters. The minimum absolute atomic E-state index is 0.00285. The van der Waals surface area contributed by atoms with Crippen LogP contribution < -0.4 is 10.6 Å². The standard InChI is InChI=1S/C16H16N2O3S/c1-10-16(20)18-13-7-11(4-5-14(13)22-10)8-15(19)17-9-12-3-2-6-21-12/h2-7,10H,8-9H2,1H3,(H,17,19)(H,18,20). The largest absolute Gasteiger partial charge is 0.467 e. The Morgan fingerprint density at radius 2 is 2.27 bits per heavy atom. The molecule has 0 saturated heterocycles. The molecule has 2 aromatic rings. The lowest BCUT2D eigenvalue weighted by molar-refractivity contribution is -0.120. The van der Waals surface area contributed by atoms with Crippen molar-refractivity contribution in [3.8, 4) is 0 Å². The van der Waals surface area contributed by atoms with E-state index >= 15 is 0 Å². The molecule has 0 bridgehead atoms. The van der Waals surface area contributed by atoms with Crippen LogP contribution in [-0.4, -0.2) is 17.1 Å². The average molecular weight is 316 g/mol. The monoisotopic (exact) mass is 316 g/mol. The van der Waals surface area contributed by atoms with E-state index < -0.39 is 0 Å². The van der Waals surface area contributed by atoms with Crippen LogP contribution in [0.4, 0.5) is 5.69 Å². The Balaban J connectivity index is 1.62. The Morgan fingerprint density at radius 3 is 3.05 bits per heavy atom. The molecule has 1 aliphatic rings. The van der Waals surface area contributed by atoms with Crippen LogP contribution in [0.1, 0.15) is 18.2 Å². The summed E-state index contributed by atoms with van der Waals surface area (Å²) in [5, 5.41) is 5.59. The number of carbonyl (C=O) groups is 2. The molecule has 2 amide bonds. The lowest BCUT2D eigenvalue weighted by Crippen LogP contribution is -2.27. The summed E-state index contributed by atoms with van der Waals surface area (Å²) in [4.78, 5) is 24.7. The van der Waals surface area contributed by atoms with Gasteiger partial charge >= 0.3 is 0 Å². The second-order valence-corrected chi connectivity index (χ2v) is 6.50. The third-order valence-corrected chi connectivity index (χ3v) is 4.56. The highest BCUT2D eigenvalue weighted by Crippen LogP contribution is 2.35. The van der Waals surface area contributed by atoms with Crippen LogP contribution in [0.2, 0.25) is 0 Å². The number of nitrogens with one attached hydrogen (secondary N) is 2. The fraction of sp³-hybridized carbons (Fsp3) is 0.250. The molecule has 3 rings (SSSR count). The quantitative estimate of drug-likeness (QED) is 0.909. The zero-order chi connectivity index (χ0) is 15.5. The van der Waals surface area contributed by atoms with Gasteiger partial charge in [0.25, 0.3) is 0 Å². The van der Waals surface area contributed by atoms with Crippen LogP contribution in [0, 0.1) is 0 Å². The molecule has 0 spiro atoms. The maximum atomic E-state index is 11.9. The molecule has 2 heterocycles. The van der Waals surface area contributed by atoms with Crippen LogP contribution in [0.5, 0.6) is 0 Å². The van der Waals surface area contributed by atoms with E-state index in [1.807, 2.05) is 31.2 Å². The number of hydrogen-bond donors (Lipinski definition) is 2. The van der Waals surface area contributed by atoms with E-state index in [0.29, 0.717) is 6.54 Å². The first-order valence-electron chi connectivity index (χ1n) is 7.01. The first-order valence-corrected chi connectivity index (χ1v) is 7.89. The van der Waals surface area contributed by atoms with Gasteiger partial charge in [0.1, 0.15) is 5.76 Å². The van der Waals surface area contributed by atoms with Crippen molar-refractivity contribution in [2.75, 3.05) is 5.32 Å². The van der Waals surface area contributed by atoms with E-state index in [1.54, 1.807) is 12.3 Å². The van der Waals surface area contributed by atoms with Crippen molar-refractivity contribution in [3.05, 3.63) is 47.9 Å². The molecule has 2 N–H and O–H groups in total. The Hall–Kier alpha value is -2.21. The summed E-state index contributed by atoms with van der Waals surface area (Å²) in [6, 6.07) is 9.32. The van der Waals surface area contributed by atoms with Gasteiger partial charge in [-0.1, -0.05) is 6.07 Å². The molecule has 1 aliphatic heterocycles. The molecule has 0 radical (unpaired) electrons. The Morgan fingerprint density at radius 1 is 1.41 bits per heavy atom. The summed E-state index contributed by atoms with van der Waals surface area (Å²) in [5.74, 6) is 0.632. The van der Waals surface area contributed by atoms with Crippen LogP contribution in [-0.2, 0) is 22.6 Å². The maximum Gasteiger partial charge on any atom is 0.237 e. The number of furan rings is 1. The summed E-state index contributed by atoms with van der Waals surface area (Å²) in [5.41, 5.74) is 1.65. The van der Waals surface area contributed by atoms with Gasteiger partial charge in [0, 0.05) is 4.90 Å². The number of thioether (sulfide) groups is 1. The van der Waals surface area contributed by atoms with E-state index in [4.69, 9.17) is 4.42 Å². The van der Waals surface area contributed by atoms with Crippen molar-refractivity contribution < 1.29 is 14.0 Å². The van der Waals surface area contributed by atoms with Crippen molar-refractivity contribution in [2.24, 2.45) is 0 Å². The smallest absolute Gasteiger partial charge is 0.237 e. The van der Waals surface area contributed by atoms with Gasteiger partial charge in [0.05, 0.1) is 30.2 Å². The van der Waals surface area contributed by atoms with Crippen molar-refractivity contribution in [1.29, 1.82) is 0 Å². The number of amides is 2. The fourth-order valence-corrected chi connectivity index (χ4v) is 3.14. The third-order valence-electron chi connectivity index (χ3n) is 3.38. The Kier molecular flexibility index (Phi) is 4.20. The van der Waals surface area contributed by atoms with Gasteiger partial charge in [-0.3, -0.25) is 9.59 Å². The first kappa shape index (κ1) is 14.7. The normalized spacial score (nSPS) is 16.8. The molecule has 5 nitrogen and oxygen atoms in total. The van der Waals surface area contributed by atoms with Crippen molar-refractivity contribution in [3.63, 3.8) is 0 Å². The van der Waals surface area contributed by atoms with Crippen molar-refractivity contribution in [1.82, 2.24) is 5.32 Å². The van der Waals surface area contributed by atoms with Gasteiger partial charge in [-0.15, -0.1) is 11.8 Å². The van der Waals surface area contributed by atoms with Gasteiger partial charge in [-0.2, -0.15) is 0 Å². The zero-order valence-corrected chi connectivity index (χ0v) is 12.9. The Labute approximate surface area is 132 Å². The van der Waals surface area contributed by atoms with Crippen LogP contribution in [0.3, 0.4) is 0 Å². The van der Waals surface area contributed by atoms with Gasteiger partial charge in [0.2, 0.25) is 11.8 Å². The van der Waals surface area contributed by atoms with Crippen LogP contribution in [0.15, 0.2) is 45.9 Å². The minimum atomic E-state index is -0.0880. The molecule has 1 atom stereocenters. The maximum absolute atomic E-state index is 11.9. The predicted octanol–water partition coefficient (Wildman–Crippen LogP) is 2.57. The summed E-state index contributed by atoms with van der Waals surface area (Å²) >= 11 is 1.53. The summed E-state index contributed by atoms with van der Waals surface area (Å²) in [7, 11) is 0. The molecule has 0 saturated carbocycles. The first-order chi connectivity index (χ1) is 10.6. The number of fused-ring (bicyclic) bond motifs is 1. The summed E-state index contributed by atoms with van der Waals surface area (Å²) in [6.07, 6.45) is 1.84. The lowest BCUT2D eigenvalue weighted by atomic mass is 10.1. The van der Waals surface area contributed by atoms with Crippen LogP contribution in [0.25, 0.3) is 0 Å². The second-order valence-electron chi connectivity index (χ2n) is 5.11. The number of hydrogen-bond acceptors (Lipinski definition) is 4. The molecule has 114 valence electrons. The van der Waals surface area contributed by atoms with Crippen LogP contribution >= 0.6 is 11.8 Å². The van der Waals surface area contributed by atoms with E-state index in [0.717, 1.165) is 21.9 Å². The summed E-state index contributed by atoms with van der Waals surface area (Å²) < 4.78 is 5.17. The second kappa shape index (κ2) is 6.27. The molecule has 22 heavy (non-hydrogen) atoms. The average Bonchev–Trinajstić information content (AvgIpc) is 3.00. The van der Waals surface area contributed by atoms with Gasteiger partial charge < -0.3 is 15.1 Å². The highest BCUT2D eigenvalue weighted by molar-refractivity contribution is 8.00. The molecule has 1 aromatic heterocycles. The van der Waals surface area contributed by atoms with Gasteiger partial charge in [-0.05, 0) is 36.8 Å². The SMILES string of the molecule is CC1Sc2ccc(CC(=O)NCc3ccco3)cc2NC1=O. The molecular formula is C16H16N2O3S. The number of benzene rings is 1. The highest BCUT2D eigenvalue weighted by atomic mass is 32.2. The number of anilines is 1. The van der Waals surface area contributed by atoms with E-state index in [1.165, 1.54) is 11.8 Å². The predicted molar refractivity (Wildman–Crippen MR) is 84.6 cm³/mol. The Bertz CT molecular complexity index is 697. The number of rotatable bonds is 4. The van der Waals surface area contributed by atoms with Crippen molar-refractivity contribution in [2.45, 2.75) is 30.0 Å². The minimum Gasteiger partial charge on any atom is -0.467 e. The molecule has 0 fully saturated rings. The number of carbonyl (C=O) groups excluding carboxylic acids is 2. The molecule has 6 heteroatoms. The molecular weight excluding hydrogens is 300 g/mol. The lowest BCUT2D eigenvalue weighted by Gasteiger charge is -2.21. The topological polar surface area (TPSA) is 71.3 Å². The fourth-order valence-electron chi connectivity index (χ4n) is 2.21. The van der Waals surface area contributed by atoms with E-state index in [9.17, 15) is 9.59 Å². The van der Waals surface area contributed by atoms with Gasteiger partial charge in [0.15, 0.2) is 0 Å². The highest BCUT2D eigenvalue weighted by Gasteiger charge is 2.23.